The van der Waals surface area contributed by atoms with Crippen LogP contribution in [0.2, 0.25) is 0 Å². The predicted molar refractivity (Wildman–Crippen MR) is 90.5 cm³/mol. The first-order chi connectivity index (χ1) is 11.7. The van der Waals surface area contributed by atoms with Crippen molar-refractivity contribution in [1.82, 2.24) is 15.1 Å². The third kappa shape index (κ3) is 3.48. The molecule has 4 nitrogen and oxygen atoms in total. The second-order valence-electron chi connectivity index (χ2n) is 6.71. The van der Waals surface area contributed by atoms with E-state index in [-0.39, 0.29) is 11.7 Å². The Morgan fingerprint density at radius 3 is 2.21 bits per heavy atom. The molecule has 2 aliphatic rings. The fourth-order valence-corrected chi connectivity index (χ4v) is 4.35. The van der Waals surface area contributed by atoms with Crippen molar-refractivity contribution in [1.29, 1.82) is 0 Å². The largest absolute Gasteiger partial charge is 0.342 e. The highest BCUT2D eigenvalue weighted by Crippen LogP contribution is 2.43. The average molecular weight is 345 g/mol. The maximum absolute atomic E-state index is 12.9. The van der Waals surface area contributed by atoms with Gasteiger partial charge in [0.1, 0.15) is 15.8 Å². The molecule has 1 aliphatic heterocycles. The Kier molecular flexibility index (Phi) is 4.31. The maximum atomic E-state index is 12.9. The van der Waals surface area contributed by atoms with Crippen LogP contribution >= 0.6 is 11.3 Å². The van der Waals surface area contributed by atoms with E-state index in [0.29, 0.717) is 18.3 Å². The molecule has 2 fully saturated rings. The average Bonchev–Trinajstić information content (AvgIpc) is 3.34. The van der Waals surface area contributed by atoms with Crippen LogP contribution in [0.1, 0.15) is 53.1 Å². The Hall–Kier alpha value is -1.82. The summed E-state index contributed by atoms with van der Waals surface area (Å²) in [6, 6.07) is 6.17. The van der Waals surface area contributed by atoms with Crippen molar-refractivity contribution < 1.29 is 9.18 Å². The topological polar surface area (TPSA) is 46.1 Å². The van der Waals surface area contributed by atoms with Crippen LogP contribution in [-0.4, -0.2) is 34.1 Å². The lowest BCUT2D eigenvalue weighted by molar-refractivity contribution is -0.131. The Labute approximate surface area is 144 Å². The van der Waals surface area contributed by atoms with Crippen LogP contribution in [0, 0.1) is 5.82 Å². The van der Waals surface area contributed by atoms with Gasteiger partial charge < -0.3 is 4.90 Å². The van der Waals surface area contributed by atoms with E-state index in [1.807, 2.05) is 4.90 Å². The van der Waals surface area contributed by atoms with Crippen LogP contribution in [0.3, 0.4) is 0 Å². The lowest BCUT2D eigenvalue weighted by Crippen LogP contribution is -2.38. The zero-order valence-corrected chi connectivity index (χ0v) is 14.3. The van der Waals surface area contributed by atoms with Gasteiger partial charge in [-0.05, 0) is 43.4 Å². The Morgan fingerprint density at radius 2 is 1.62 bits per heavy atom. The molecule has 1 aromatic carbocycles. The predicted octanol–water partition coefficient (Wildman–Crippen LogP) is 3.50. The van der Waals surface area contributed by atoms with Gasteiger partial charge in [-0.25, -0.2) is 4.39 Å². The Balaban J connectivity index is 1.31. The van der Waals surface area contributed by atoms with Crippen molar-refractivity contribution in [2.75, 3.05) is 13.1 Å². The van der Waals surface area contributed by atoms with Crippen molar-refractivity contribution in [3.63, 3.8) is 0 Å². The van der Waals surface area contributed by atoms with Gasteiger partial charge in [0.15, 0.2) is 0 Å². The molecule has 1 saturated carbocycles. The monoisotopic (exact) mass is 345 g/mol. The van der Waals surface area contributed by atoms with E-state index in [4.69, 9.17) is 0 Å². The smallest absolute Gasteiger partial charge is 0.226 e. The number of rotatable bonds is 4. The zero-order valence-electron chi connectivity index (χ0n) is 13.4. The van der Waals surface area contributed by atoms with Gasteiger partial charge in [-0.15, -0.1) is 21.5 Å². The number of aromatic nitrogens is 2. The van der Waals surface area contributed by atoms with E-state index < -0.39 is 0 Å². The molecule has 2 heterocycles. The summed E-state index contributed by atoms with van der Waals surface area (Å²) in [5.41, 5.74) is 0.863. The molecule has 1 aromatic heterocycles. The summed E-state index contributed by atoms with van der Waals surface area (Å²) >= 11 is 1.76. The number of carbonyl (C=O) groups excluding carboxylic acids is 1. The molecule has 0 atom stereocenters. The van der Waals surface area contributed by atoms with E-state index in [2.05, 4.69) is 10.2 Å². The number of benzene rings is 1. The minimum atomic E-state index is -0.269. The van der Waals surface area contributed by atoms with Crippen LogP contribution in [0.15, 0.2) is 24.3 Å². The molecule has 0 spiro atoms. The molecule has 6 heteroatoms. The standard InChI is InChI=1S/C18H20FN3OS/c19-15-5-1-12(2-6-15)11-16(23)22-9-7-14(8-10-22)18-21-20-17(24-18)13-3-4-13/h1-2,5-6,13-14H,3-4,7-11H2. The molecule has 0 unspecified atom stereocenters. The number of halogens is 1. The van der Waals surface area contributed by atoms with E-state index in [0.717, 1.165) is 36.5 Å². The molecule has 0 bridgehead atoms. The number of carbonyl (C=O) groups is 1. The Bertz CT molecular complexity index is 718. The molecule has 1 saturated heterocycles. The lowest BCUT2D eigenvalue weighted by atomic mass is 9.97. The summed E-state index contributed by atoms with van der Waals surface area (Å²) in [4.78, 5) is 14.3. The highest BCUT2D eigenvalue weighted by atomic mass is 32.1. The quantitative estimate of drug-likeness (QED) is 0.852. The molecule has 0 radical (unpaired) electrons. The van der Waals surface area contributed by atoms with Crippen LogP contribution in [0.25, 0.3) is 0 Å². The summed E-state index contributed by atoms with van der Waals surface area (Å²) in [7, 11) is 0. The number of amides is 1. The van der Waals surface area contributed by atoms with Gasteiger partial charge >= 0.3 is 0 Å². The summed E-state index contributed by atoms with van der Waals surface area (Å²) in [5.74, 6) is 0.948. The number of hydrogen-bond donors (Lipinski definition) is 0. The van der Waals surface area contributed by atoms with Crippen molar-refractivity contribution in [3.8, 4) is 0 Å². The molecule has 126 valence electrons. The first-order valence-corrected chi connectivity index (χ1v) is 9.36. The first kappa shape index (κ1) is 15.7. The van der Waals surface area contributed by atoms with E-state index >= 15 is 0 Å². The third-order valence-electron chi connectivity index (χ3n) is 4.85. The second-order valence-corrected chi connectivity index (χ2v) is 7.75. The number of nitrogens with zero attached hydrogens (tertiary/aromatic N) is 3. The number of hydrogen-bond acceptors (Lipinski definition) is 4. The van der Waals surface area contributed by atoms with Crippen molar-refractivity contribution in [3.05, 3.63) is 45.7 Å². The maximum Gasteiger partial charge on any atom is 0.226 e. The highest BCUT2D eigenvalue weighted by molar-refractivity contribution is 7.11. The van der Waals surface area contributed by atoms with Gasteiger partial charge in [0.05, 0.1) is 6.42 Å². The molecular formula is C18H20FN3OS. The van der Waals surface area contributed by atoms with Crippen molar-refractivity contribution in [2.24, 2.45) is 0 Å². The van der Waals surface area contributed by atoms with Crippen LogP contribution < -0.4 is 0 Å². The normalized spacial score (nSPS) is 18.8. The molecule has 2 aromatic rings. The number of likely N-dealkylation sites (tertiary alicyclic amines) is 1. The fourth-order valence-electron chi connectivity index (χ4n) is 3.17. The summed E-state index contributed by atoms with van der Waals surface area (Å²) in [6.07, 6.45) is 4.76. The molecule has 1 aliphatic carbocycles. The van der Waals surface area contributed by atoms with Crippen molar-refractivity contribution >= 4 is 17.2 Å². The minimum Gasteiger partial charge on any atom is -0.342 e. The van der Waals surface area contributed by atoms with Gasteiger partial charge in [0.2, 0.25) is 5.91 Å². The zero-order chi connectivity index (χ0) is 16.5. The second kappa shape index (κ2) is 6.59. The van der Waals surface area contributed by atoms with Gasteiger partial charge in [-0.2, -0.15) is 0 Å². The van der Waals surface area contributed by atoms with E-state index in [1.165, 1.54) is 30.0 Å². The summed E-state index contributed by atoms with van der Waals surface area (Å²) in [5, 5.41) is 11.0. The van der Waals surface area contributed by atoms with Crippen molar-refractivity contribution in [2.45, 2.75) is 43.9 Å². The van der Waals surface area contributed by atoms with Gasteiger partial charge in [-0.1, -0.05) is 12.1 Å². The van der Waals surface area contributed by atoms with Crippen LogP contribution in [0.5, 0.6) is 0 Å². The summed E-state index contributed by atoms with van der Waals surface area (Å²) < 4.78 is 12.9. The van der Waals surface area contributed by atoms with E-state index in [9.17, 15) is 9.18 Å². The van der Waals surface area contributed by atoms with E-state index in [1.54, 1.807) is 23.5 Å². The van der Waals surface area contributed by atoms with Crippen LogP contribution in [0.4, 0.5) is 4.39 Å². The SMILES string of the molecule is O=C(Cc1ccc(F)cc1)N1CCC(c2nnc(C3CC3)s2)CC1. The molecule has 1 amide bonds. The number of piperidine rings is 1. The van der Waals surface area contributed by atoms with Gasteiger partial charge in [0.25, 0.3) is 0 Å². The van der Waals surface area contributed by atoms with Gasteiger partial charge in [0, 0.05) is 24.9 Å². The molecule has 24 heavy (non-hydrogen) atoms. The first-order valence-electron chi connectivity index (χ1n) is 8.54. The third-order valence-corrected chi connectivity index (χ3v) is 6.10. The van der Waals surface area contributed by atoms with Crippen LogP contribution in [-0.2, 0) is 11.2 Å². The minimum absolute atomic E-state index is 0.121. The fraction of sp³-hybridized carbons (Fsp3) is 0.500. The molecule has 4 rings (SSSR count). The Morgan fingerprint density at radius 1 is 1.04 bits per heavy atom. The lowest BCUT2D eigenvalue weighted by Gasteiger charge is -2.31. The molecule has 0 N–H and O–H groups in total. The summed E-state index contributed by atoms with van der Waals surface area (Å²) in [6.45, 7) is 1.53. The highest BCUT2D eigenvalue weighted by Gasteiger charge is 2.30. The van der Waals surface area contributed by atoms with Gasteiger partial charge in [-0.3, -0.25) is 4.79 Å². The molecular weight excluding hydrogens is 325 g/mol.